The smallest absolute Gasteiger partial charge is 0.264 e. The van der Waals surface area contributed by atoms with Crippen LogP contribution >= 0.6 is 0 Å². The molecule has 15 heteroatoms. The molecule has 4 saturated carbocycles. The van der Waals surface area contributed by atoms with E-state index in [2.05, 4.69) is 20.0 Å². The standard InChI is InChI=1S/C24H33NO5.C21H27NO4.C2H6O3S.C2H6/c1-28-11-12-29-18-6-5-16-13-19-24(27)8-7-17(26)22-23(24,20(16)21(18)30-22)9-10-25(19)14-15-3-2-4-15;23-14-5-4-13-10-16-21(25)7-6-15(24)19-20(21,17(13)18(14)26-19)8-9-22(16)11-12-2-1-3-12;1-5-6(2,3)4;1-2/h5-6,15,17,19,22,26-27H,2-4,7-14H2,1H3;4-5,12,15-16,19,23-25H,1-3,6-11H2;1-2H3;1-2H3/t17-,19+,22?,23-,24+;15-,16+,19?,20-,21+;;/m00../s1. The number of benzene rings is 2. The lowest BCUT2D eigenvalue weighted by Crippen LogP contribution is -2.77. The molecule has 0 aromatic heterocycles. The molecule has 0 radical (unpaired) electrons. The zero-order valence-electron chi connectivity index (χ0n) is 38.5. The number of aliphatic hydroxyl groups is 4. The molecule has 14 nitrogen and oxygen atoms in total. The largest absolute Gasteiger partial charge is 0.504 e. The van der Waals surface area contributed by atoms with Gasteiger partial charge in [0.05, 0.1) is 54.2 Å². The predicted molar refractivity (Wildman–Crippen MR) is 240 cm³/mol. The summed E-state index contributed by atoms with van der Waals surface area (Å²) in [6.45, 7) is 9.03. The topological polar surface area (TPSA) is 188 Å². The van der Waals surface area contributed by atoms with Gasteiger partial charge in [-0.1, -0.05) is 38.8 Å². The zero-order valence-corrected chi connectivity index (χ0v) is 39.3. The summed E-state index contributed by atoms with van der Waals surface area (Å²) in [6, 6.07) is 8.06. The van der Waals surface area contributed by atoms with Gasteiger partial charge in [-0.2, -0.15) is 8.42 Å². The number of hydrogen-bond acceptors (Lipinski definition) is 14. The van der Waals surface area contributed by atoms with E-state index in [1.54, 1.807) is 13.2 Å². The molecule has 2 spiro atoms. The molecule has 10 aliphatic rings. The SMILES string of the molecule is CC.COCCOc1ccc2c3c1OC1[C@@H](O)CC[C@@]4(O)[C@@H](C2)N(CC2CCC2)CC[C@]314.COS(C)(=O)=O.Oc1ccc2c3c1OC1[C@@H](O)CC[C@@]4(O)[C@@H](C2)N(CC2CCC2)CC[C@]314. The first kappa shape index (κ1) is 46.4. The van der Waals surface area contributed by atoms with Gasteiger partial charge in [-0.3, -0.25) is 14.0 Å². The minimum atomic E-state index is -3.16. The molecule has 2 aromatic carbocycles. The summed E-state index contributed by atoms with van der Waals surface area (Å²) in [7, 11) is -0.382. The number of likely N-dealkylation sites (tertiary alicyclic amines) is 2. The minimum Gasteiger partial charge on any atom is -0.504 e. The van der Waals surface area contributed by atoms with Gasteiger partial charge in [0, 0.05) is 43.4 Å². The number of hydrogen-bond donors (Lipinski definition) is 5. The average molecular weight is 913 g/mol. The number of rotatable bonds is 9. The lowest BCUT2D eigenvalue weighted by molar-refractivity contribution is -0.209. The quantitative estimate of drug-likeness (QED) is 0.177. The zero-order chi connectivity index (χ0) is 45.4. The molecule has 6 aliphatic carbocycles. The number of ether oxygens (including phenoxy) is 4. The number of methoxy groups -OCH3 is 1. The van der Waals surface area contributed by atoms with Crippen LogP contribution in [0.25, 0.3) is 0 Å². The van der Waals surface area contributed by atoms with E-state index in [1.807, 2.05) is 26.0 Å². The van der Waals surface area contributed by atoms with Crippen LogP contribution in [0.15, 0.2) is 24.3 Å². The first-order valence-electron chi connectivity index (χ1n) is 24.2. The molecule has 4 aliphatic heterocycles. The number of nitrogens with zero attached hydrogens (tertiary/aromatic N) is 2. The summed E-state index contributed by atoms with van der Waals surface area (Å²) >= 11 is 0. The highest BCUT2D eigenvalue weighted by Gasteiger charge is 2.74. The second-order valence-electron chi connectivity index (χ2n) is 20.2. The van der Waals surface area contributed by atoms with Crippen LogP contribution in [0.4, 0.5) is 0 Å². The lowest BCUT2D eigenvalue weighted by Gasteiger charge is -2.64. The fraction of sp³-hybridized carbons (Fsp3) is 0.755. The summed E-state index contributed by atoms with van der Waals surface area (Å²) in [5.41, 5.74) is 1.69. The van der Waals surface area contributed by atoms with E-state index < -0.39 is 56.6 Å². The van der Waals surface area contributed by atoms with Crippen molar-refractivity contribution in [1.29, 1.82) is 0 Å². The molecule has 4 bridgehead atoms. The second-order valence-corrected chi connectivity index (χ2v) is 21.9. The minimum absolute atomic E-state index is 0.0819. The third-order valence-electron chi connectivity index (χ3n) is 17.4. The number of piperidine rings is 2. The number of phenolic OH excluding ortho intramolecular Hbond substituents is 1. The Morgan fingerprint density at radius 3 is 1.62 bits per heavy atom. The van der Waals surface area contributed by atoms with Gasteiger partial charge in [0.15, 0.2) is 23.0 Å². The molecule has 4 heterocycles. The summed E-state index contributed by atoms with van der Waals surface area (Å²) in [6.07, 6.45) is 12.6. The van der Waals surface area contributed by atoms with Crippen molar-refractivity contribution in [3.05, 3.63) is 46.5 Å². The normalized spacial score (nSPS) is 37.3. The van der Waals surface area contributed by atoms with Crippen molar-refractivity contribution >= 4 is 10.1 Å². The molecule has 5 N–H and O–H groups in total. The molecule has 0 amide bonds. The van der Waals surface area contributed by atoms with Crippen molar-refractivity contribution in [2.24, 2.45) is 11.8 Å². The molecular weight excluding hydrogens is 841 g/mol. The maximum Gasteiger partial charge on any atom is 0.264 e. The maximum atomic E-state index is 12.3. The van der Waals surface area contributed by atoms with Crippen molar-refractivity contribution in [3.63, 3.8) is 0 Å². The van der Waals surface area contributed by atoms with Crippen LogP contribution in [0.3, 0.4) is 0 Å². The lowest BCUT2D eigenvalue weighted by atomic mass is 9.48. The molecule has 2 unspecified atom stereocenters. The average Bonchev–Trinajstić information content (AvgIpc) is 3.79. The van der Waals surface area contributed by atoms with Crippen molar-refractivity contribution in [3.8, 4) is 23.0 Å². The van der Waals surface area contributed by atoms with E-state index in [0.717, 1.165) is 93.9 Å². The number of phenols is 1. The van der Waals surface area contributed by atoms with Gasteiger partial charge in [0.2, 0.25) is 0 Å². The van der Waals surface area contributed by atoms with Crippen LogP contribution in [0.2, 0.25) is 0 Å². The molecule has 64 heavy (non-hydrogen) atoms. The van der Waals surface area contributed by atoms with Crippen LogP contribution < -0.4 is 14.2 Å². The van der Waals surface area contributed by atoms with Crippen molar-refractivity contribution in [2.75, 3.05) is 59.9 Å². The van der Waals surface area contributed by atoms with Crippen molar-refractivity contribution in [2.45, 2.75) is 162 Å². The van der Waals surface area contributed by atoms with Gasteiger partial charge in [0.25, 0.3) is 10.1 Å². The molecule has 2 saturated heterocycles. The summed E-state index contributed by atoms with van der Waals surface area (Å²) in [4.78, 5) is 5.09. The van der Waals surface area contributed by atoms with Crippen molar-refractivity contribution < 1.29 is 57.1 Å². The molecule has 356 valence electrons. The third-order valence-corrected chi connectivity index (χ3v) is 18.0. The van der Waals surface area contributed by atoms with E-state index in [1.165, 1.54) is 49.7 Å². The number of aliphatic hydroxyl groups excluding tert-OH is 2. The van der Waals surface area contributed by atoms with Gasteiger partial charge in [-0.25, -0.2) is 0 Å². The van der Waals surface area contributed by atoms with Gasteiger partial charge < -0.3 is 44.5 Å². The van der Waals surface area contributed by atoms with Crippen LogP contribution in [0.1, 0.15) is 113 Å². The van der Waals surface area contributed by atoms with Gasteiger partial charge in [0.1, 0.15) is 18.8 Å². The Kier molecular flexibility index (Phi) is 12.6. The molecule has 10 atom stereocenters. The monoisotopic (exact) mass is 912 g/mol. The van der Waals surface area contributed by atoms with Crippen LogP contribution in [-0.2, 0) is 42.7 Å². The van der Waals surface area contributed by atoms with Crippen LogP contribution in [0.5, 0.6) is 23.0 Å². The highest BCUT2D eigenvalue weighted by molar-refractivity contribution is 7.85. The first-order valence-corrected chi connectivity index (χ1v) is 26.0. The first-order chi connectivity index (χ1) is 30.7. The third kappa shape index (κ3) is 7.02. The fourth-order valence-electron chi connectivity index (χ4n) is 14.0. The van der Waals surface area contributed by atoms with Crippen molar-refractivity contribution in [1.82, 2.24) is 9.80 Å². The van der Waals surface area contributed by atoms with Gasteiger partial charge in [-0.15, -0.1) is 0 Å². The van der Waals surface area contributed by atoms with E-state index in [0.29, 0.717) is 50.4 Å². The highest BCUT2D eigenvalue weighted by atomic mass is 32.2. The van der Waals surface area contributed by atoms with E-state index in [-0.39, 0.29) is 17.8 Å². The predicted octanol–water partition coefficient (Wildman–Crippen LogP) is 4.35. The Morgan fingerprint density at radius 1 is 0.703 bits per heavy atom. The van der Waals surface area contributed by atoms with Crippen LogP contribution in [0, 0.1) is 11.8 Å². The molecule has 12 rings (SSSR count). The Labute approximate surface area is 379 Å². The highest BCUT2D eigenvalue weighted by Crippen LogP contribution is 2.67. The second kappa shape index (κ2) is 17.4. The molecule has 2 aromatic rings. The Bertz CT molecular complexity index is 2150. The maximum absolute atomic E-state index is 12.3. The Hall–Kier alpha value is -2.73. The summed E-state index contributed by atoms with van der Waals surface area (Å²) in [5.74, 6) is 3.66. The van der Waals surface area contributed by atoms with Crippen LogP contribution in [-0.4, -0.2) is 151 Å². The molecular formula is C49H72N2O12S. The fourth-order valence-corrected chi connectivity index (χ4v) is 14.0. The van der Waals surface area contributed by atoms with Gasteiger partial charge >= 0.3 is 0 Å². The molecule has 6 fully saturated rings. The Morgan fingerprint density at radius 2 is 1.17 bits per heavy atom. The summed E-state index contributed by atoms with van der Waals surface area (Å²) in [5, 5.41) is 56.5. The van der Waals surface area contributed by atoms with E-state index >= 15 is 0 Å². The van der Waals surface area contributed by atoms with E-state index in [9.17, 15) is 34.0 Å². The van der Waals surface area contributed by atoms with Gasteiger partial charge in [-0.05, 0) is 125 Å². The number of aromatic hydroxyl groups is 1. The summed E-state index contributed by atoms with van der Waals surface area (Å²) < 4.78 is 47.2. The Balaban J connectivity index is 0.000000140. The van der Waals surface area contributed by atoms with E-state index in [4.69, 9.17) is 18.9 Å².